The molecule has 0 aliphatic heterocycles. The number of hydrogen-bond acceptors (Lipinski definition) is 6. The predicted octanol–water partition coefficient (Wildman–Crippen LogP) is 0.686. The first-order chi connectivity index (χ1) is 12.5. The van der Waals surface area contributed by atoms with Gasteiger partial charge in [-0.25, -0.2) is 4.68 Å². The number of aromatic nitrogens is 3. The third kappa shape index (κ3) is 2.61. The van der Waals surface area contributed by atoms with Crippen molar-refractivity contribution >= 4 is 44.4 Å². The van der Waals surface area contributed by atoms with Crippen molar-refractivity contribution in [3.63, 3.8) is 0 Å². The summed E-state index contributed by atoms with van der Waals surface area (Å²) in [6, 6.07) is 9.20. The molecule has 0 amide bonds. The van der Waals surface area contributed by atoms with E-state index in [0.29, 0.717) is 22.2 Å². The van der Waals surface area contributed by atoms with E-state index in [9.17, 15) is 14.8 Å². The van der Waals surface area contributed by atoms with Crippen LogP contribution in [-0.4, -0.2) is 38.6 Å². The molecule has 0 unspecified atom stereocenters. The largest absolute Gasteiger partial charge is 0.499 e. The maximum absolute atomic E-state index is 12.9. The van der Waals surface area contributed by atoms with Gasteiger partial charge in [0.25, 0.3) is 5.56 Å². The molecule has 4 aromatic rings. The van der Waals surface area contributed by atoms with Crippen molar-refractivity contribution < 1.29 is 14.8 Å². The van der Waals surface area contributed by atoms with Crippen molar-refractivity contribution in [1.82, 2.24) is 14.3 Å². The number of aryl methyl sites for hydroxylation is 1. The summed E-state index contributed by atoms with van der Waals surface area (Å²) in [4.78, 5) is 12.9. The molecule has 0 bridgehead atoms. The van der Waals surface area contributed by atoms with Crippen LogP contribution in [0.4, 0.5) is 0 Å². The molecule has 0 aliphatic rings. The lowest BCUT2D eigenvalue weighted by atomic mass is 9.90. The third-order valence-corrected chi connectivity index (χ3v) is 5.61. The van der Waals surface area contributed by atoms with E-state index in [1.54, 1.807) is 31.0 Å². The average Bonchev–Trinajstić information content (AvgIpc) is 3.18. The van der Waals surface area contributed by atoms with Crippen LogP contribution in [0.5, 0.6) is 5.75 Å². The van der Waals surface area contributed by atoms with E-state index in [1.807, 2.05) is 24.3 Å². The van der Waals surface area contributed by atoms with Gasteiger partial charge in [-0.15, -0.1) is 11.3 Å². The Balaban J connectivity index is 1.84. The fourth-order valence-electron chi connectivity index (χ4n) is 3.11. The van der Waals surface area contributed by atoms with Crippen LogP contribution >= 0.6 is 11.3 Å². The molecule has 9 heteroatoms. The van der Waals surface area contributed by atoms with Gasteiger partial charge in [-0.2, -0.15) is 5.10 Å². The number of methoxy groups -OCH3 is 1. The first-order valence-electron chi connectivity index (χ1n) is 7.96. The monoisotopic (exact) mass is 369 g/mol. The minimum atomic E-state index is -1.52. The van der Waals surface area contributed by atoms with Crippen molar-refractivity contribution in [3.8, 4) is 5.75 Å². The standard InChI is InChI=1S/C17H16BN3O4S/c1-20-13-7-14(18(23)24)26-16(13)12-8-19-21(17(22)15(12)20)9-10-4-3-5-11(6-10)25-2/h3-8,23-24H,9H2,1-2H3. The summed E-state index contributed by atoms with van der Waals surface area (Å²) >= 11 is 1.25. The molecular formula is C17H16BN3O4S. The molecule has 0 radical (unpaired) electrons. The van der Waals surface area contributed by atoms with Crippen molar-refractivity contribution in [2.75, 3.05) is 7.11 Å². The fraction of sp³-hybridized carbons (Fsp3) is 0.176. The lowest BCUT2D eigenvalue weighted by Crippen LogP contribution is -2.27. The Morgan fingerprint density at radius 3 is 2.85 bits per heavy atom. The van der Waals surface area contributed by atoms with Gasteiger partial charge in [0.1, 0.15) is 11.3 Å². The maximum atomic E-state index is 12.9. The zero-order valence-corrected chi connectivity index (χ0v) is 15.0. The molecule has 1 aromatic carbocycles. The van der Waals surface area contributed by atoms with E-state index >= 15 is 0 Å². The number of nitrogens with zero attached hydrogens (tertiary/aromatic N) is 3. The first kappa shape index (κ1) is 16.8. The summed E-state index contributed by atoms with van der Waals surface area (Å²) in [6.45, 7) is 0.339. The van der Waals surface area contributed by atoms with Crippen LogP contribution in [0.2, 0.25) is 0 Å². The normalized spacial score (nSPS) is 11.4. The molecule has 3 aromatic heterocycles. The van der Waals surface area contributed by atoms with Gasteiger partial charge in [0.2, 0.25) is 0 Å². The molecule has 0 fully saturated rings. The Kier molecular flexibility index (Phi) is 4.06. The molecule has 3 heterocycles. The van der Waals surface area contributed by atoms with Gasteiger partial charge in [0.15, 0.2) is 0 Å². The van der Waals surface area contributed by atoms with Gasteiger partial charge >= 0.3 is 7.12 Å². The Morgan fingerprint density at radius 2 is 2.12 bits per heavy atom. The van der Waals surface area contributed by atoms with Crippen molar-refractivity contribution in [3.05, 3.63) is 52.4 Å². The Bertz CT molecular complexity index is 1180. The van der Waals surface area contributed by atoms with E-state index in [2.05, 4.69) is 5.10 Å². The Hall–Kier alpha value is -2.62. The van der Waals surface area contributed by atoms with E-state index in [-0.39, 0.29) is 5.56 Å². The van der Waals surface area contributed by atoms with Gasteiger partial charge in [0, 0.05) is 17.2 Å². The van der Waals surface area contributed by atoms with Crippen molar-refractivity contribution in [1.29, 1.82) is 0 Å². The number of benzene rings is 1. The average molecular weight is 369 g/mol. The van der Waals surface area contributed by atoms with Gasteiger partial charge in [-0.05, 0) is 23.8 Å². The highest BCUT2D eigenvalue weighted by molar-refractivity contribution is 7.28. The maximum Gasteiger partial charge on any atom is 0.499 e. The van der Waals surface area contributed by atoms with E-state index in [4.69, 9.17) is 4.74 Å². The molecular weight excluding hydrogens is 353 g/mol. The second-order valence-electron chi connectivity index (χ2n) is 6.02. The number of rotatable bonds is 4. The third-order valence-electron chi connectivity index (χ3n) is 4.41. The van der Waals surface area contributed by atoms with E-state index in [1.165, 1.54) is 16.0 Å². The predicted molar refractivity (Wildman–Crippen MR) is 102 cm³/mol. The minimum absolute atomic E-state index is 0.192. The molecule has 2 N–H and O–H groups in total. The van der Waals surface area contributed by atoms with Gasteiger partial charge in [0.05, 0.1) is 30.1 Å². The summed E-state index contributed by atoms with van der Waals surface area (Å²) in [6.07, 6.45) is 1.66. The number of thiophene rings is 1. The molecule has 132 valence electrons. The molecule has 0 saturated heterocycles. The van der Waals surface area contributed by atoms with E-state index < -0.39 is 7.12 Å². The van der Waals surface area contributed by atoms with Crippen LogP contribution in [0.1, 0.15) is 5.56 Å². The van der Waals surface area contributed by atoms with Crippen LogP contribution in [0.3, 0.4) is 0 Å². The molecule has 7 nitrogen and oxygen atoms in total. The van der Waals surface area contributed by atoms with Crippen LogP contribution < -0.4 is 15.1 Å². The lowest BCUT2D eigenvalue weighted by molar-refractivity contribution is 0.414. The number of hydrogen-bond donors (Lipinski definition) is 2. The highest BCUT2D eigenvalue weighted by Gasteiger charge is 2.21. The minimum Gasteiger partial charge on any atom is -0.497 e. The zero-order chi connectivity index (χ0) is 18.4. The highest BCUT2D eigenvalue weighted by Crippen LogP contribution is 2.29. The van der Waals surface area contributed by atoms with Crippen LogP contribution in [0, 0.1) is 0 Å². The summed E-state index contributed by atoms with van der Waals surface area (Å²) in [5.74, 6) is 0.728. The van der Waals surface area contributed by atoms with Crippen LogP contribution in [0.15, 0.2) is 41.3 Å². The topological polar surface area (TPSA) is 89.5 Å². The molecule has 0 saturated carbocycles. The molecule has 0 atom stereocenters. The van der Waals surface area contributed by atoms with Gasteiger partial charge in [-0.3, -0.25) is 4.79 Å². The molecule has 4 rings (SSSR count). The second-order valence-corrected chi connectivity index (χ2v) is 7.10. The Morgan fingerprint density at radius 1 is 1.31 bits per heavy atom. The number of fused-ring (bicyclic) bond motifs is 3. The summed E-state index contributed by atoms with van der Waals surface area (Å²) < 4.78 is 9.68. The fourth-order valence-corrected chi connectivity index (χ4v) is 4.19. The quantitative estimate of drug-likeness (QED) is 0.517. The molecule has 0 aliphatic carbocycles. The van der Waals surface area contributed by atoms with Crippen LogP contribution in [0.25, 0.3) is 21.1 Å². The van der Waals surface area contributed by atoms with Gasteiger partial charge in [-0.1, -0.05) is 12.1 Å². The molecule has 0 spiro atoms. The summed E-state index contributed by atoms with van der Waals surface area (Å²) in [7, 11) is 1.87. The van der Waals surface area contributed by atoms with E-state index in [0.717, 1.165) is 21.5 Å². The van der Waals surface area contributed by atoms with Crippen molar-refractivity contribution in [2.24, 2.45) is 7.05 Å². The molecule has 26 heavy (non-hydrogen) atoms. The lowest BCUT2D eigenvalue weighted by Gasteiger charge is -2.07. The summed E-state index contributed by atoms with van der Waals surface area (Å²) in [5, 5.41) is 23.8. The van der Waals surface area contributed by atoms with Crippen molar-refractivity contribution in [2.45, 2.75) is 6.54 Å². The van der Waals surface area contributed by atoms with Crippen LogP contribution in [-0.2, 0) is 13.6 Å². The number of ether oxygens (including phenoxy) is 1. The zero-order valence-electron chi connectivity index (χ0n) is 14.2. The van der Waals surface area contributed by atoms with Gasteiger partial charge < -0.3 is 19.4 Å². The highest BCUT2D eigenvalue weighted by atomic mass is 32.1. The SMILES string of the molecule is COc1cccc(Cn2ncc3c4sc(B(O)O)cc4n(C)c3c2=O)c1. The second kappa shape index (κ2) is 6.28. The first-order valence-corrected chi connectivity index (χ1v) is 8.78. The summed E-state index contributed by atoms with van der Waals surface area (Å²) in [5.41, 5.74) is 2.05. The smallest absolute Gasteiger partial charge is 0.497 e. The Labute approximate surface area is 152 Å².